The van der Waals surface area contributed by atoms with E-state index in [2.05, 4.69) is 4.98 Å². The van der Waals surface area contributed by atoms with Crippen LogP contribution in [0.4, 0.5) is 0 Å². The molecule has 0 amide bonds. The van der Waals surface area contributed by atoms with E-state index in [1.165, 1.54) is 4.31 Å². The molecule has 1 saturated heterocycles. The van der Waals surface area contributed by atoms with Crippen LogP contribution in [-0.2, 0) is 26.1 Å². The van der Waals surface area contributed by atoms with Crippen molar-refractivity contribution >= 4 is 26.9 Å². The van der Waals surface area contributed by atoms with Crippen LogP contribution in [0, 0.1) is 0 Å². The first-order valence-corrected chi connectivity index (χ1v) is 12.0. The maximum absolute atomic E-state index is 12.9. The molecule has 3 aromatic rings. The summed E-state index contributed by atoms with van der Waals surface area (Å²) in [4.78, 5) is 17.8. The molecule has 0 radical (unpaired) electrons. The number of aromatic nitrogens is 1. The Balaban J connectivity index is 1.55. The van der Waals surface area contributed by atoms with Gasteiger partial charge in [0, 0.05) is 24.2 Å². The molecule has 0 unspecified atom stereocenters. The molecule has 0 bridgehead atoms. The standard InChI is InChI=1S/C24H26N2O5S/c1-17(2)23-15-21(20-8-3-4-9-22(20)25-23)24(27)31-16-18-6-5-7-19(14-18)32(28,29)26-10-12-30-13-11-26/h3-9,14-15,17H,10-13,16H2,1-2H3. The van der Waals surface area contributed by atoms with E-state index in [1.807, 2.05) is 38.1 Å². The van der Waals surface area contributed by atoms with Gasteiger partial charge in [-0.1, -0.05) is 44.2 Å². The summed E-state index contributed by atoms with van der Waals surface area (Å²) in [6.45, 7) is 5.44. The fourth-order valence-corrected chi connectivity index (χ4v) is 5.10. The van der Waals surface area contributed by atoms with Gasteiger partial charge < -0.3 is 9.47 Å². The number of pyridine rings is 1. The van der Waals surface area contributed by atoms with Crippen molar-refractivity contribution in [2.45, 2.75) is 31.3 Å². The molecular weight excluding hydrogens is 428 g/mol. The fraction of sp³-hybridized carbons (Fsp3) is 0.333. The van der Waals surface area contributed by atoms with Crippen molar-refractivity contribution in [3.63, 3.8) is 0 Å². The van der Waals surface area contributed by atoms with E-state index in [-0.39, 0.29) is 17.4 Å². The minimum Gasteiger partial charge on any atom is -0.457 e. The van der Waals surface area contributed by atoms with Crippen LogP contribution in [0.2, 0.25) is 0 Å². The molecule has 8 heteroatoms. The number of fused-ring (bicyclic) bond motifs is 1. The number of carbonyl (C=O) groups excluding carboxylic acids is 1. The fourth-order valence-electron chi connectivity index (χ4n) is 3.62. The molecule has 7 nitrogen and oxygen atoms in total. The Hall–Kier alpha value is -2.81. The molecule has 1 aromatic heterocycles. The van der Waals surface area contributed by atoms with Crippen molar-refractivity contribution in [2.75, 3.05) is 26.3 Å². The maximum Gasteiger partial charge on any atom is 0.339 e. The number of morpholine rings is 1. The van der Waals surface area contributed by atoms with E-state index in [0.717, 1.165) is 16.6 Å². The van der Waals surface area contributed by atoms with Gasteiger partial charge in [0.15, 0.2) is 0 Å². The van der Waals surface area contributed by atoms with E-state index >= 15 is 0 Å². The van der Waals surface area contributed by atoms with Crippen LogP contribution in [0.5, 0.6) is 0 Å². The highest BCUT2D eigenvalue weighted by Gasteiger charge is 2.26. The number of para-hydroxylation sites is 1. The summed E-state index contributed by atoms with van der Waals surface area (Å²) in [6.07, 6.45) is 0. The Labute approximate surface area is 188 Å². The maximum atomic E-state index is 12.9. The van der Waals surface area contributed by atoms with Crippen molar-refractivity contribution < 1.29 is 22.7 Å². The van der Waals surface area contributed by atoms with E-state index in [4.69, 9.17) is 9.47 Å². The molecule has 0 N–H and O–H groups in total. The van der Waals surface area contributed by atoms with Gasteiger partial charge in [-0.15, -0.1) is 0 Å². The Bertz CT molecular complexity index is 1230. The molecule has 4 rings (SSSR count). The highest BCUT2D eigenvalue weighted by atomic mass is 32.2. The van der Waals surface area contributed by atoms with Gasteiger partial charge in [-0.3, -0.25) is 4.98 Å². The van der Waals surface area contributed by atoms with Crippen molar-refractivity contribution in [2.24, 2.45) is 0 Å². The third-order valence-corrected chi connectivity index (χ3v) is 7.32. The average molecular weight is 455 g/mol. The van der Waals surface area contributed by atoms with Crippen molar-refractivity contribution in [3.05, 3.63) is 71.4 Å². The van der Waals surface area contributed by atoms with Gasteiger partial charge >= 0.3 is 5.97 Å². The summed E-state index contributed by atoms with van der Waals surface area (Å²) in [5.74, 6) is -0.305. The Kier molecular flexibility index (Phi) is 6.55. The van der Waals surface area contributed by atoms with Crippen LogP contribution in [0.15, 0.2) is 59.5 Å². The molecule has 0 aliphatic carbocycles. The second-order valence-corrected chi connectivity index (χ2v) is 9.94. The molecule has 0 saturated carbocycles. The van der Waals surface area contributed by atoms with Gasteiger partial charge in [0.2, 0.25) is 10.0 Å². The number of carbonyl (C=O) groups is 1. The zero-order valence-electron chi connectivity index (χ0n) is 18.2. The second kappa shape index (κ2) is 9.36. The van der Waals surface area contributed by atoms with Crippen LogP contribution in [0.1, 0.15) is 41.4 Å². The molecule has 32 heavy (non-hydrogen) atoms. The summed E-state index contributed by atoms with van der Waals surface area (Å²) in [5, 5.41) is 0.727. The number of hydrogen-bond donors (Lipinski definition) is 0. The van der Waals surface area contributed by atoms with Crippen molar-refractivity contribution in [1.29, 1.82) is 0 Å². The molecule has 2 aromatic carbocycles. The van der Waals surface area contributed by atoms with Crippen LogP contribution in [0.3, 0.4) is 0 Å². The number of ether oxygens (including phenoxy) is 2. The predicted octanol–water partition coefficient (Wildman–Crippen LogP) is 3.74. The molecule has 1 fully saturated rings. The first kappa shape index (κ1) is 22.4. The summed E-state index contributed by atoms with van der Waals surface area (Å²) >= 11 is 0. The number of esters is 1. The largest absolute Gasteiger partial charge is 0.457 e. The highest BCUT2D eigenvalue weighted by Crippen LogP contribution is 2.24. The molecular formula is C24H26N2O5S. The lowest BCUT2D eigenvalue weighted by molar-refractivity contribution is 0.0474. The minimum absolute atomic E-state index is 0.0288. The van der Waals surface area contributed by atoms with Crippen molar-refractivity contribution in [3.8, 4) is 0 Å². The van der Waals surface area contributed by atoms with Crippen LogP contribution < -0.4 is 0 Å². The first-order valence-electron chi connectivity index (χ1n) is 10.6. The average Bonchev–Trinajstić information content (AvgIpc) is 2.82. The molecule has 168 valence electrons. The number of rotatable bonds is 6. The van der Waals surface area contributed by atoms with E-state index in [0.29, 0.717) is 37.4 Å². The Morgan fingerprint density at radius 1 is 1.09 bits per heavy atom. The normalized spacial score (nSPS) is 15.2. The molecule has 1 aliphatic heterocycles. The smallest absolute Gasteiger partial charge is 0.339 e. The Morgan fingerprint density at radius 2 is 1.84 bits per heavy atom. The summed E-state index contributed by atoms with van der Waals surface area (Å²) in [7, 11) is -3.61. The van der Waals surface area contributed by atoms with Crippen LogP contribution >= 0.6 is 0 Å². The number of sulfonamides is 1. The third kappa shape index (κ3) is 4.67. The zero-order valence-corrected chi connectivity index (χ0v) is 19.0. The molecule has 2 heterocycles. The quantitative estimate of drug-likeness (QED) is 0.528. The van der Waals surface area contributed by atoms with Crippen LogP contribution in [-0.4, -0.2) is 50.0 Å². The minimum atomic E-state index is -3.61. The van der Waals surface area contributed by atoms with Gasteiger partial charge in [0.05, 0.1) is 29.2 Å². The van der Waals surface area contributed by atoms with E-state index in [9.17, 15) is 13.2 Å². The zero-order chi connectivity index (χ0) is 22.7. The van der Waals surface area contributed by atoms with E-state index in [1.54, 1.807) is 30.3 Å². The second-order valence-electron chi connectivity index (χ2n) is 8.01. The Morgan fingerprint density at radius 3 is 2.59 bits per heavy atom. The number of nitrogens with zero attached hydrogens (tertiary/aromatic N) is 2. The van der Waals surface area contributed by atoms with Gasteiger partial charge in [-0.25, -0.2) is 13.2 Å². The van der Waals surface area contributed by atoms with Crippen molar-refractivity contribution in [1.82, 2.24) is 9.29 Å². The van der Waals surface area contributed by atoms with Gasteiger partial charge in [-0.05, 0) is 35.7 Å². The highest BCUT2D eigenvalue weighted by molar-refractivity contribution is 7.89. The SMILES string of the molecule is CC(C)c1cc(C(=O)OCc2cccc(S(=O)(=O)N3CCOCC3)c2)c2ccccc2n1. The topological polar surface area (TPSA) is 85.8 Å². The third-order valence-electron chi connectivity index (χ3n) is 5.42. The van der Waals surface area contributed by atoms with Gasteiger partial charge in [0.25, 0.3) is 0 Å². The number of hydrogen-bond acceptors (Lipinski definition) is 6. The first-order chi connectivity index (χ1) is 15.4. The molecule has 1 aliphatic rings. The lowest BCUT2D eigenvalue weighted by atomic mass is 10.0. The van der Waals surface area contributed by atoms with Gasteiger partial charge in [-0.2, -0.15) is 4.31 Å². The summed E-state index contributed by atoms with van der Waals surface area (Å²) < 4.78 is 38.0. The summed E-state index contributed by atoms with van der Waals surface area (Å²) in [6, 6.07) is 15.8. The lowest BCUT2D eigenvalue weighted by Crippen LogP contribution is -2.40. The van der Waals surface area contributed by atoms with Crippen LogP contribution in [0.25, 0.3) is 10.9 Å². The molecule has 0 atom stereocenters. The monoisotopic (exact) mass is 454 g/mol. The molecule has 0 spiro atoms. The van der Waals surface area contributed by atoms with Gasteiger partial charge in [0.1, 0.15) is 6.61 Å². The van der Waals surface area contributed by atoms with E-state index < -0.39 is 16.0 Å². The predicted molar refractivity (Wildman–Crippen MR) is 121 cm³/mol. The lowest BCUT2D eigenvalue weighted by Gasteiger charge is -2.26. The number of benzene rings is 2. The summed E-state index contributed by atoms with van der Waals surface area (Å²) in [5.41, 5.74) is 2.62.